The van der Waals surface area contributed by atoms with Gasteiger partial charge in [0.1, 0.15) is 0 Å². The number of hydrogen-bond donors (Lipinski definition) is 0. The van der Waals surface area contributed by atoms with Crippen LogP contribution in [0.1, 0.15) is 62.0 Å². The second-order valence-corrected chi connectivity index (χ2v) is 6.87. The number of ketones is 2. The van der Waals surface area contributed by atoms with Crippen LogP contribution in [0, 0.1) is 12.3 Å². The van der Waals surface area contributed by atoms with E-state index in [0.717, 1.165) is 23.1 Å². The van der Waals surface area contributed by atoms with E-state index < -0.39 is 0 Å². The molecule has 106 valence electrons. The van der Waals surface area contributed by atoms with E-state index in [-0.39, 0.29) is 17.0 Å². The summed E-state index contributed by atoms with van der Waals surface area (Å²) in [5.41, 5.74) is 4.42. The summed E-state index contributed by atoms with van der Waals surface area (Å²) in [4.78, 5) is 24.5. The van der Waals surface area contributed by atoms with Gasteiger partial charge < -0.3 is 0 Å². The largest absolute Gasteiger partial charge is 0.285 e. The Morgan fingerprint density at radius 3 is 2.20 bits per heavy atom. The molecule has 0 spiro atoms. The Morgan fingerprint density at radius 2 is 1.60 bits per heavy atom. The molecular formula is C18H22O2. The number of carbonyl (C=O) groups is 2. The van der Waals surface area contributed by atoms with Crippen molar-refractivity contribution in [3.05, 3.63) is 40.5 Å². The first-order valence-corrected chi connectivity index (χ1v) is 7.10. The third-order valence-electron chi connectivity index (χ3n) is 3.88. The van der Waals surface area contributed by atoms with Crippen LogP contribution < -0.4 is 0 Å². The summed E-state index contributed by atoms with van der Waals surface area (Å²) in [5, 5.41) is 0. The number of rotatable bonds is 2. The maximum atomic E-state index is 12.3. The van der Waals surface area contributed by atoms with Crippen molar-refractivity contribution in [3.63, 3.8) is 0 Å². The maximum Gasteiger partial charge on any atom is 0.233 e. The predicted molar refractivity (Wildman–Crippen MR) is 81.8 cm³/mol. The molecule has 2 nitrogen and oxygen atoms in total. The molecule has 2 heteroatoms. The molecule has 0 heterocycles. The van der Waals surface area contributed by atoms with Crippen LogP contribution in [0.25, 0.3) is 5.57 Å². The second kappa shape index (κ2) is 5.01. The third-order valence-corrected chi connectivity index (χ3v) is 3.88. The van der Waals surface area contributed by atoms with Crippen molar-refractivity contribution in [3.8, 4) is 0 Å². The van der Waals surface area contributed by atoms with Gasteiger partial charge in [-0.25, -0.2) is 0 Å². The summed E-state index contributed by atoms with van der Waals surface area (Å²) < 4.78 is 0. The van der Waals surface area contributed by atoms with Crippen molar-refractivity contribution in [1.82, 2.24) is 0 Å². The highest BCUT2D eigenvalue weighted by atomic mass is 16.2. The average Bonchev–Trinajstić information content (AvgIpc) is 2.34. The number of benzene rings is 1. The molecule has 0 fully saturated rings. The Labute approximate surface area is 120 Å². The first kappa shape index (κ1) is 14.7. The monoisotopic (exact) mass is 270 g/mol. The first-order valence-electron chi connectivity index (χ1n) is 7.10. The van der Waals surface area contributed by atoms with Crippen LogP contribution >= 0.6 is 0 Å². The molecule has 20 heavy (non-hydrogen) atoms. The fourth-order valence-corrected chi connectivity index (χ4v) is 2.56. The lowest BCUT2D eigenvalue weighted by Crippen LogP contribution is -2.24. The molecule has 1 aliphatic carbocycles. The first-order chi connectivity index (χ1) is 9.20. The molecule has 0 bridgehead atoms. The van der Waals surface area contributed by atoms with Crippen molar-refractivity contribution in [1.29, 1.82) is 0 Å². The predicted octanol–water partition coefficient (Wildman–Crippen LogP) is 4.36. The lowest BCUT2D eigenvalue weighted by molar-refractivity contribution is -0.112. The Bertz CT molecular complexity index is 613. The Hall–Kier alpha value is -1.70. The van der Waals surface area contributed by atoms with E-state index in [2.05, 4.69) is 20.8 Å². The van der Waals surface area contributed by atoms with Gasteiger partial charge >= 0.3 is 0 Å². The fourth-order valence-electron chi connectivity index (χ4n) is 2.56. The SMILES string of the molecule is CC1=C(CCC(C)(C)C)C(=O)C(=O)c2ccc(C)cc21. The number of allylic oxidation sites excluding steroid dienone is 2. The molecule has 0 saturated heterocycles. The zero-order chi connectivity index (χ0) is 15.1. The lowest BCUT2D eigenvalue weighted by atomic mass is 9.79. The Morgan fingerprint density at radius 1 is 0.950 bits per heavy atom. The summed E-state index contributed by atoms with van der Waals surface area (Å²) >= 11 is 0. The van der Waals surface area contributed by atoms with Gasteiger partial charge in [0.25, 0.3) is 0 Å². The Balaban J connectivity index is 2.47. The van der Waals surface area contributed by atoms with Crippen LogP contribution in [0.3, 0.4) is 0 Å². The number of carbonyl (C=O) groups excluding carboxylic acids is 2. The minimum absolute atomic E-state index is 0.156. The summed E-state index contributed by atoms with van der Waals surface area (Å²) in [6.07, 6.45) is 1.58. The smallest absolute Gasteiger partial charge is 0.233 e. The van der Waals surface area contributed by atoms with Gasteiger partial charge in [-0.05, 0) is 43.2 Å². The highest BCUT2D eigenvalue weighted by molar-refractivity contribution is 6.52. The zero-order valence-corrected chi connectivity index (χ0v) is 13.0. The van der Waals surface area contributed by atoms with Crippen molar-refractivity contribution >= 4 is 17.1 Å². The molecule has 0 atom stereocenters. The topological polar surface area (TPSA) is 34.1 Å². The molecule has 0 amide bonds. The number of Topliss-reactive ketones (excluding diaryl/α,β-unsaturated/α-hetero) is 2. The van der Waals surface area contributed by atoms with E-state index in [1.165, 1.54) is 0 Å². The standard InChI is InChI=1S/C18H22O2/c1-11-6-7-14-15(10-11)12(2)13(16(19)17(14)20)8-9-18(3,4)5/h6-7,10H,8-9H2,1-5H3. The molecule has 0 aliphatic heterocycles. The van der Waals surface area contributed by atoms with Crippen LogP contribution in [-0.2, 0) is 4.79 Å². The normalized spacial score (nSPS) is 15.7. The molecule has 0 aromatic heterocycles. The van der Waals surface area contributed by atoms with Crippen molar-refractivity contribution in [2.45, 2.75) is 47.5 Å². The van der Waals surface area contributed by atoms with Gasteiger partial charge in [0.2, 0.25) is 11.6 Å². The molecular weight excluding hydrogens is 248 g/mol. The van der Waals surface area contributed by atoms with E-state index >= 15 is 0 Å². The minimum atomic E-state index is -0.352. The molecule has 1 aliphatic rings. The fraction of sp³-hybridized carbons (Fsp3) is 0.444. The van der Waals surface area contributed by atoms with Crippen LogP contribution in [-0.4, -0.2) is 11.6 Å². The maximum absolute atomic E-state index is 12.3. The van der Waals surface area contributed by atoms with Crippen LogP contribution in [0.2, 0.25) is 0 Å². The van der Waals surface area contributed by atoms with Crippen LogP contribution in [0.15, 0.2) is 23.8 Å². The Kier molecular flexibility index (Phi) is 3.68. The molecule has 2 rings (SSSR count). The van der Waals surface area contributed by atoms with E-state index in [0.29, 0.717) is 17.6 Å². The van der Waals surface area contributed by atoms with E-state index in [9.17, 15) is 9.59 Å². The van der Waals surface area contributed by atoms with E-state index in [1.54, 1.807) is 6.07 Å². The molecule has 0 radical (unpaired) electrons. The molecule has 1 aromatic carbocycles. The van der Waals surface area contributed by atoms with Crippen molar-refractivity contribution in [2.75, 3.05) is 0 Å². The van der Waals surface area contributed by atoms with Gasteiger partial charge in [0.15, 0.2) is 0 Å². The summed E-state index contributed by atoms with van der Waals surface area (Å²) in [6, 6.07) is 5.67. The number of aryl methyl sites for hydroxylation is 1. The summed E-state index contributed by atoms with van der Waals surface area (Å²) in [6.45, 7) is 10.4. The highest BCUT2D eigenvalue weighted by Crippen LogP contribution is 2.34. The number of fused-ring (bicyclic) bond motifs is 1. The van der Waals surface area contributed by atoms with Crippen molar-refractivity contribution < 1.29 is 9.59 Å². The quantitative estimate of drug-likeness (QED) is 0.748. The van der Waals surface area contributed by atoms with Gasteiger partial charge in [-0.1, -0.05) is 44.5 Å². The summed E-state index contributed by atoms with van der Waals surface area (Å²) in [5.74, 6) is -0.669. The lowest BCUT2D eigenvalue weighted by Gasteiger charge is -2.23. The van der Waals surface area contributed by atoms with Gasteiger partial charge in [-0.2, -0.15) is 0 Å². The van der Waals surface area contributed by atoms with Crippen LogP contribution in [0.4, 0.5) is 0 Å². The van der Waals surface area contributed by atoms with E-state index in [1.807, 2.05) is 26.0 Å². The minimum Gasteiger partial charge on any atom is -0.285 e. The molecule has 0 N–H and O–H groups in total. The van der Waals surface area contributed by atoms with Crippen molar-refractivity contribution in [2.24, 2.45) is 5.41 Å². The zero-order valence-electron chi connectivity index (χ0n) is 13.0. The molecule has 1 aromatic rings. The second-order valence-electron chi connectivity index (χ2n) is 6.87. The highest BCUT2D eigenvalue weighted by Gasteiger charge is 2.31. The van der Waals surface area contributed by atoms with Gasteiger partial charge in [-0.15, -0.1) is 0 Å². The number of hydrogen-bond acceptors (Lipinski definition) is 2. The van der Waals surface area contributed by atoms with Gasteiger partial charge in [-0.3, -0.25) is 9.59 Å². The average molecular weight is 270 g/mol. The molecule has 0 saturated carbocycles. The third kappa shape index (κ3) is 2.74. The molecule has 0 unspecified atom stereocenters. The summed E-state index contributed by atoms with van der Waals surface area (Å²) in [7, 11) is 0. The van der Waals surface area contributed by atoms with Gasteiger partial charge in [0, 0.05) is 11.1 Å². The van der Waals surface area contributed by atoms with E-state index in [4.69, 9.17) is 0 Å². The van der Waals surface area contributed by atoms with Gasteiger partial charge in [0.05, 0.1) is 0 Å². The van der Waals surface area contributed by atoms with Crippen LogP contribution in [0.5, 0.6) is 0 Å².